The van der Waals surface area contributed by atoms with E-state index in [0.717, 1.165) is 59.0 Å². The predicted molar refractivity (Wildman–Crippen MR) is 117 cm³/mol. The smallest absolute Gasteiger partial charge is 0.339 e. The zero-order valence-electron chi connectivity index (χ0n) is 17.6. The highest BCUT2D eigenvalue weighted by Crippen LogP contribution is 2.31. The molecule has 2 heterocycles. The molecule has 6 nitrogen and oxygen atoms in total. The number of ether oxygens (including phenoxy) is 1. The summed E-state index contributed by atoms with van der Waals surface area (Å²) in [6.45, 7) is 3.77. The molecule has 0 amide bonds. The number of fused-ring (bicyclic) bond motifs is 2. The zero-order chi connectivity index (χ0) is 21.4. The van der Waals surface area contributed by atoms with Crippen molar-refractivity contribution in [3.63, 3.8) is 0 Å². The fraction of sp³-hybridized carbons (Fsp3) is 0.280. The van der Waals surface area contributed by atoms with Crippen LogP contribution in [0.25, 0.3) is 22.4 Å². The summed E-state index contributed by atoms with van der Waals surface area (Å²) in [6.07, 6.45) is 3.20. The van der Waals surface area contributed by atoms with Gasteiger partial charge in [0.25, 0.3) is 5.89 Å². The van der Waals surface area contributed by atoms with Crippen LogP contribution in [0.4, 0.5) is 0 Å². The van der Waals surface area contributed by atoms with E-state index in [9.17, 15) is 4.79 Å². The number of pyridine rings is 1. The molecule has 1 aliphatic carbocycles. The number of carbonyl (C=O) groups is 1. The molecule has 0 radical (unpaired) electrons. The number of rotatable bonds is 4. The maximum atomic E-state index is 13.3. The molecule has 1 aliphatic rings. The van der Waals surface area contributed by atoms with Crippen molar-refractivity contribution in [2.45, 2.75) is 45.6 Å². The Morgan fingerprint density at radius 2 is 1.81 bits per heavy atom. The van der Waals surface area contributed by atoms with E-state index in [4.69, 9.17) is 14.1 Å². The minimum absolute atomic E-state index is 0.274. The highest BCUT2D eigenvalue weighted by molar-refractivity contribution is 6.05. The van der Waals surface area contributed by atoms with E-state index < -0.39 is 6.10 Å². The summed E-state index contributed by atoms with van der Waals surface area (Å²) in [5.74, 6) is 0.306. The molecule has 0 aliphatic heterocycles. The Labute approximate surface area is 180 Å². The Bertz CT molecular complexity index is 1260. The first-order chi connectivity index (χ1) is 15.1. The van der Waals surface area contributed by atoms with E-state index in [2.05, 4.69) is 10.2 Å². The van der Waals surface area contributed by atoms with E-state index in [-0.39, 0.29) is 11.9 Å². The molecular weight excluding hydrogens is 390 g/mol. The van der Waals surface area contributed by atoms with Crippen molar-refractivity contribution >= 4 is 16.9 Å². The molecule has 5 rings (SSSR count). The fourth-order valence-corrected chi connectivity index (χ4v) is 4.09. The van der Waals surface area contributed by atoms with Crippen LogP contribution < -0.4 is 0 Å². The van der Waals surface area contributed by atoms with Crippen molar-refractivity contribution in [2.24, 2.45) is 0 Å². The Morgan fingerprint density at radius 1 is 1.03 bits per heavy atom. The first-order valence-corrected chi connectivity index (χ1v) is 10.6. The van der Waals surface area contributed by atoms with Gasteiger partial charge in [0, 0.05) is 16.6 Å². The van der Waals surface area contributed by atoms with Crippen LogP contribution in [0.15, 0.2) is 52.9 Å². The number of carbonyl (C=O) groups excluding carboxylic acids is 1. The SMILES string of the molecule is Cc1ccc(-c2nnc([C@@H](C)OC(=O)c3c4c(nc5ccccc35)CCCC4)o2)cc1. The second-order valence-corrected chi connectivity index (χ2v) is 8.00. The van der Waals surface area contributed by atoms with Crippen molar-refractivity contribution in [1.29, 1.82) is 0 Å². The minimum atomic E-state index is -0.662. The van der Waals surface area contributed by atoms with Gasteiger partial charge in [-0.3, -0.25) is 4.98 Å². The number of benzene rings is 2. The third kappa shape index (κ3) is 3.69. The summed E-state index contributed by atoms with van der Waals surface area (Å²) in [5, 5.41) is 9.05. The van der Waals surface area contributed by atoms with Crippen molar-refractivity contribution in [3.8, 4) is 11.5 Å². The van der Waals surface area contributed by atoms with Crippen LogP contribution >= 0.6 is 0 Å². The van der Waals surface area contributed by atoms with Crippen LogP contribution in [-0.2, 0) is 17.6 Å². The number of nitrogens with zero attached hydrogens (tertiary/aromatic N) is 3. The number of aromatic nitrogens is 3. The summed E-state index contributed by atoms with van der Waals surface area (Å²) < 4.78 is 11.6. The number of esters is 1. The topological polar surface area (TPSA) is 78.1 Å². The van der Waals surface area contributed by atoms with Crippen molar-refractivity contribution in [3.05, 3.63) is 76.8 Å². The molecule has 0 saturated heterocycles. The van der Waals surface area contributed by atoms with Gasteiger partial charge < -0.3 is 9.15 Å². The Morgan fingerprint density at radius 3 is 2.65 bits per heavy atom. The molecular formula is C25H23N3O3. The molecule has 0 unspecified atom stereocenters. The first kappa shape index (κ1) is 19.4. The van der Waals surface area contributed by atoms with Gasteiger partial charge in [0.2, 0.25) is 5.89 Å². The maximum Gasteiger partial charge on any atom is 0.339 e. The third-order valence-electron chi connectivity index (χ3n) is 5.74. The van der Waals surface area contributed by atoms with Crippen molar-refractivity contribution < 1.29 is 13.9 Å². The quantitative estimate of drug-likeness (QED) is 0.418. The van der Waals surface area contributed by atoms with Gasteiger partial charge in [0.1, 0.15) is 0 Å². The molecule has 0 fully saturated rings. The van der Waals surface area contributed by atoms with Gasteiger partial charge in [-0.1, -0.05) is 35.9 Å². The molecule has 0 spiro atoms. The molecule has 2 aromatic heterocycles. The second-order valence-electron chi connectivity index (χ2n) is 8.00. The lowest BCUT2D eigenvalue weighted by Crippen LogP contribution is -2.17. The van der Waals surface area contributed by atoms with Crippen molar-refractivity contribution in [1.82, 2.24) is 15.2 Å². The summed E-state index contributed by atoms with van der Waals surface area (Å²) in [6, 6.07) is 15.6. The van der Waals surface area contributed by atoms with Crippen LogP contribution in [0.5, 0.6) is 0 Å². The summed E-state index contributed by atoms with van der Waals surface area (Å²) in [4.78, 5) is 18.1. The molecule has 2 aromatic carbocycles. The Hall–Kier alpha value is -3.54. The van der Waals surface area contributed by atoms with Crippen LogP contribution in [-0.4, -0.2) is 21.2 Å². The van der Waals surface area contributed by atoms with Gasteiger partial charge in [0.15, 0.2) is 6.10 Å². The average Bonchev–Trinajstić information content (AvgIpc) is 3.28. The summed E-state index contributed by atoms with van der Waals surface area (Å²) in [5.41, 5.74) is 5.43. The predicted octanol–water partition coefficient (Wildman–Crippen LogP) is 5.39. The van der Waals surface area contributed by atoms with Gasteiger partial charge in [-0.15, -0.1) is 10.2 Å². The number of aryl methyl sites for hydroxylation is 2. The Balaban J connectivity index is 1.44. The molecule has 0 saturated carbocycles. The fourth-order valence-electron chi connectivity index (χ4n) is 4.09. The maximum absolute atomic E-state index is 13.3. The van der Waals surface area contributed by atoms with E-state index >= 15 is 0 Å². The number of para-hydroxylation sites is 1. The number of hydrogen-bond donors (Lipinski definition) is 0. The van der Waals surface area contributed by atoms with E-state index in [1.54, 1.807) is 6.92 Å². The first-order valence-electron chi connectivity index (χ1n) is 10.6. The van der Waals surface area contributed by atoms with Crippen molar-refractivity contribution in [2.75, 3.05) is 0 Å². The summed E-state index contributed by atoms with van der Waals surface area (Å²) in [7, 11) is 0. The lowest BCUT2D eigenvalue weighted by atomic mass is 9.90. The van der Waals surface area contributed by atoms with Crippen LogP contribution in [0.3, 0.4) is 0 Å². The average molecular weight is 413 g/mol. The van der Waals surface area contributed by atoms with Gasteiger partial charge >= 0.3 is 5.97 Å². The van der Waals surface area contributed by atoms with Crippen LogP contribution in [0.1, 0.15) is 58.9 Å². The van der Waals surface area contributed by atoms with Gasteiger partial charge in [-0.05, 0) is 63.3 Å². The minimum Gasteiger partial charge on any atom is -0.449 e. The molecule has 6 heteroatoms. The summed E-state index contributed by atoms with van der Waals surface area (Å²) >= 11 is 0. The molecule has 156 valence electrons. The zero-order valence-corrected chi connectivity index (χ0v) is 17.6. The van der Waals surface area contributed by atoms with E-state index in [1.807, 2.05) is 55.5 Å². The van der Waals surface area contributed by atoms with E-state index in [1.165, 1.54) is 0 Å². The molecule has 0 bridgehead atoms. The molecule has 1 atom stereocenters. The van der Waals surface area contributed by atoms with Gasteiger partial charge in [-0.2, -0.15) is 0 Å². The largest absolute Gasteiger partial charge is 0.449 e. The molecule has 4 aromatic rings. The lowest BCUT2D eigenvalue weighted by Gasteiger charge is -2.20. The highest BCUT2D eigenvalue weighted by atomic mass is 16.6. The Kier molecular flexibility index (Phi) is 4.98. The van der Waals surface area contributed by atoms with E-state index in [0.29, 0.717) is 11.5 Å². The number of hydrogen-bond acceptors (Lipinski definition) is 6. The molecule has 0 N–H and O–H groups in total. The third-order valence-corrected chi connectivity index (χ3v) is 5.74. The highest BCUT2D eigenvalue weighted by Gasteiger charge is 2.26. The second kappa shape index (κ2) is 7.95. The standard InChI is InChI=1S/C25H23N3O3/c1-15-11-13-17(14-12-15)24-28-27-23(31-24)16(2)30-25(29)22-18-7-3-5-9-20(18)26-21-10-6-4-8-19(21)22/h3,5,7,9,11-14,16H,4,6,8,10H2,1-2H3/t16-/m1/s1. The molecule has 31 heavy (non-hydrogen) atoms. The van der Waals surface area contributed by atoms with Crippen LogP contribution in [0.2, 0.25) is 0 Å². The van der Waals surface area contributed by atoms with Gasteiger partial charge in [0.05, 0.1) is 11.1 Å². The normalized spacial score (nSPS) is 14.3. The monoisotopic (exact) mass is 413 g/mol. The lowest BCUT2D eigenvalue weighted by molar-refractivity contribution is 0.0280. The van der Waals surface area contributed by atoms with Gasteiger partial charge in [-0.25, -0.2) is 4.79 Å². The van der Waals surface area contributed by atoms with Crippen LogP contribution in [0, 0.1) is 6.92 Å².